The first kappa shape index (κ1) is 14.6. The molecule has 0 N–H and O–H groups in total. The third kappa shape index (κ3) is 2.47. The van der Waals surface area contributed by atoms with Gasteiger partial charge in [0.2, 0.25) is 0 Å². The lowest BCUT2D eigenvalue weighted by molar-refractivity contribution is 0.0974. The van der Waals surface area contributed by atoms with Crippen molar-refractivity contribution in [1.82, 2.24) is 24.8 Å². The van der Waals surface area contributed by atoms with E-state index in [1.165, 1.54) is 11.0 Å². The van der Waals surface area contributed by atoms with E-state index < -0.39 is 0 Å². The third-order valence-electron chi connectivity index (χ3n) is 4.31. The van der Waals surface area contributed by atoms with Crippen molar-refractivity contribution in [2.75, 3.05) is 11.4 Å². The van der Waals surface area contributed by atoms with Crippen molar-refractivity contribution in [3.63, 3.8) is 0 Å². The summed E-state index contributed by atoms with van der Waals surface area (Å²) in [6.45, 7) is 3.15. The Labute approximate surface area is 139 Å². The van der Waals surface area contributed by atoms with Crippen molar-refractivity contribution in [2.24, 2.45) is 0 Å². The van der Waals surface area contributed by atoms with Crippen LogP contribution < -0.4 is 4.90 Å². The van der Waals surface area contributed by atoms with Gasteiger partial charge in [0.25, 0.3) is 5.91 Å². The number of hydrogen-bond donors (Lipinski definition) is 0. The van der Waals surface area contributed by atoms with Crippen LogP contribution in [0.15, 0.2) is 48.9 Å². The first-order chi connectivity index (χ1) is 11.8. The number of nitrogens with zero attached hydrogens (tertiary/aromatic N) is 6. The van der Waals surface area contributed by atoms with Crippen molar-refractivity contribution in [1.29, 1.82) is 0 Å². The molecule has 1 aliphatic rings. The highest BCUT2D eigenvalue weighted by Gasteiger charge is 2.31. The fourth-order valence-corrected chi connectivity index (χ4v) is 3.13. The summed E-state index contributed by atoms with van der Waals surface area (Å²) in [4.78, 5) is 16.3. The molecular formula is C17H18N6O. The number of carbonyl (C=O) groups excluding carboxylic acids is 1. The summed E-state index contributed by atoms with van der Waals surface area (Å²) in [7, 11) is 0. The van der Waals surface area contributed by atoms with Gasteiger partial charge in [0, 0.05) is 24.6 Å². The van der Waals surface area contributed by atoms with E-state index in [0.29, 0.717) is 18.8 Å². The number of aryl methyl sites for hydroxylation is 1. The number of hydrogen-bond acceptors (Lipinski definition) is 4. The zero-order valence-corrected chi connectivity index (χ0v) is 13.4. The summed E-state index contributed by atoms with van der Waals surface area (Å²) >= 11 is 0. The third-order valence-corrected chi connectivity index (χ3v) is 4.31. The molecule has 1 aromatic carbocycles. The molecule has 7 nitrogen and oxygen atoms in total. The normalized spacial score (nSPS) is 16.9. The summed E-state index contributed by atoms with van der Waals surface area (Å²) in [6, 6.07) is 10.0. The van der Waals surface area contributed by atoms with Crippen LogP contribution in [0.1, 0.15) is 29.0 Å². The summed E-state index contributed by atoms with van der Waals surface area (Å²) in [5, 5.41) is 12.7. The first-order valence-electron chi connectivity index (χ1n) is 8.05. The molecule has 7 heteroatoms. The van der Waals surface area contributed by atoms with Crippen LogP contribution in [-0.2, 0) is 13.0 Å². The van der Waals surface area contributed by atoms with Crippen LogP contribution in [-0.4, -0.2) is 37.2 Å². The molecule has 122 valence electrons. The Morgan fingerprint density at radius 1 is 1.25 bits per heavy atom. The molecule has 0 fully saturated rings. The van der Waals surface area contributed by atoms with Gasteiger partial charge in [-0.3, -0.25) is 9.48 Å². The van der Waals surface area contributed by atoms with E-state index in [4.69, 9.17) is 0 Å². The van der Waals surface area contributed by atoms with Crippen LogP contribution in [0.4, 0.5) is 5.69 Å². The van der Waals surface area contributed by atoms with Gasteiger partial charge in [-0.2, -0.15) is 15.0 Å². The second-order valence-electron chi connectivity index (χ2n) is 5.81. The fourth-order valence-electron chi connectivity index (χ4n) is 3.13. The molecule has 3 aromatic rings. The van der Waals surface area contributed by atoms with Crippen molar-refractivity contribution < 1.29 is 4.79 Å². The van der Waals surface area contributed by atoms with Crippen LogP contribution in [0.5, 0.6) is 0 Å². The summed E-state index contributed by atoms with van der Waals surface area (Å²) < 4.78 is 1.92. The highest BCUT2D eigenvalue weighted by Crippen LogP contribution is 2.32. The predicted molar refractivity (Wildman–Crippen MR) is 88.8 cm³/mol. The van der Waals surface area contributed by atoms with E-state index in [1.54, 1.807) is 11.1 Å². The number of anilines is 1. The molecule has 4 rings (SSSR count). The van der Waals surface area contributed by atoms with Gasteiger partial charge in [-0.1, -0.05) is 18.2 Å². The second-order valence-corrected chi connectivity index (χ2v) is 5.81. The quantitative estimate of drug-likeness (QED) is 0.739. The van der Waals surface area contributed by atoms with Gasteiger partial charge in [-0.15, -0.1) is 5.10 Å². The maximum absolute atomic E-state index is 13.0. The monoisotopic (exact) mass is 322 g/mol. The molecule has 0 radical (unpaired) electrons. The molecule has 2 aromatic heterocycles. The Bertz CT molecular complexity index is 854. The van der Waals surface area contributed by atoms with E-state index in [0.717, 1.165) is 17.7 Å². The number of carbonyl (C=O) groups is 1. The molecule has 1 unspecified atom stereocenters. The minimum Gasteiger partial charge on any atom is -0.304 e. The van der Waals surface area contributed by atoms with Crippen LogP contribution in [0.25, 0.3) is 0 Å². The van der Waals surface area contributed by atoms with Crippen LogP contribution in [0, 0.1) is 0 Å². The SMILES string of the molecule is CCn1ncc(C(=O)N2CC(n3cccn3)Cc3ccccc32)n1. The molecule has 0 aliphatic carbocycles. The van der Waals surface area contributed by atoms with E-state index in [1.807, 2.05) is 42.1 Å². The van der Waals surface area contributed by atoms with Crippen molar-refractivity contribution >= 4 is 11.6 Å². The standard InChI is InChI=1S/C17H18N6O/c1-2-23-19-11-15(20-23)17(24)21-12-14(22-9-5-8-18-22)10-13-6-3-4-7-16(13)21/h3-9,11,14H,2,10,12H2,1H3. The van der Waals surface area contributed by atoms with E-state index in [-0.39, 0.29) is 11.9 Å². The average Bonchev–Trinajstić information content (AvgIpc) is 3.31. The Hall–Kier alpha value is -2.96. The van der Waals surface area contributed by atoms with Crippen molar-refractivity contribution in [3.05, 3.63) is 60.2 Å². The van der Waals surface area contributed by atoms with Gasteiger partial charge in [0.15, 0.2) is 5.69 Å². The van der Waals surface area contributed by atoms with Gasteiger partial charge in [-0.25, -0.2) is 0 Å². The number of amides is 1. The maximum Gasteiger partial charge on any atom is 0.280 e. The van der Waals surface area contributed by atoms with Crippen molar-refractivity contribution in [3.8, 4) is 0 Å². The highest BCUT2D eigenvalue weighted by molar-refractivity contribution is 6.05. The Kier molecular flexibility index (Phi) is 3.60. The Morgan fingerprint density at radius 3 is 2.88 bits per heavy atom. The zero-order valence-electron chi connectivity index (χ0n) is 13.4. The highest BCUT2D eigenvalue weighted by atomic mass is 16.2. The first-order valence-corrected chi connectivity index (χ1v) is 8.05. The Morgan fingerprint density at radius 2 is 2.12 bits per heavy atom. The van der Waals surface area contributed by atoms with Gasteiger partial charge in [0.1, 0.15) is 0 Å². The van der Waals surface area contributed by atoms with E-state index in [9.17, 15) is 4.79 Å². The number of rotatable bonds is 3. The smallest absolute Gasteiger partial charge is 0.280 e. The van der Waals surface area contributed by atoms with Gasteiger partial charge < -0.3 is 4.90 Å². The molecule has 3 heterocycles. The molecule has 1 aliphatic heterocycles. The maximum atomic E-state index is 13.0. The van der Waals surface area contributed by atoms with E-state index in [2.05, 4.69) is 21.4 Å². The van der Waals surface area contributed by atoms with E-state index >= 15 is 0 Å². The lowest BCUT2D eigenvalue weighted by Gasteiger charge is -2.34. The second kappa shape index (κ2) is 5.92. The number of para-hydroxylation sites is 1. The van der Waals surface area contributed by atoms with Gasteiger partial charge in [-0.05, 0) is 31.0 Å². The fraction of sp³-hybridized carbons (Fsp3) is 0.294. The lowest BCUT2D eigenvalue weighted by atomic mass is 9.97. The molecule has 1 atom stereocenters. The Balaban J connectivity index is 1.71. The number of fused-ring (bicyclic) bond motifs is 1. The molecule has 1 amide bonds. The summed E-state index contributed by atoms with van der Waals surface area (Å²) in [6.07, 6.45) is 6.09. The average molecular weight is 322 g/mol. The van der Waals surface area contributed by atoms with Crippen LogP contribution >= 0.6 is 0 Å². The lowest BCUT2D eigenvalue weighted by Crippen LogP contribution is -2.41. The molecule has 0 spiro atoms. The molecule has 0 saturated heterocycles. The van der Waals surface area contributed by atoms with Crippen molar-refractivity contribution in [2.45, 2.75) is 25.9 Å². The van der Waals surface area contributed by atoms with Crippen LogP contribution in [0.3, 0.4) is 0 Å². The van der Waals surface area contributed by atoms with Gasteiger partial charge in [0.05, 0.1) is 18.8 Å². The molecule has 0 bridgehead atoms. The zero-order chi connectivity index (χ0) is 16.5. The molecular weight excluding hydrogens is 304 g/mol. The largest absolute Gasteiger partial charge is 0.304 e. The topological polar surface area (TPSA) is 68.8 Å². The molecule has 24 heavy (non-hydrogen) atoms. The summed E-state index contributed by atoms with van der Waals surface area (Å²) in [5.74, 6) is -0.126. The van der Waals surface area contributed by atoms with Gasteiger partial charge >= 0.3 is 0 Å². The molecule has 0 saturated carbocycles. The summed E-state index contributed by atoms with van der Waals surface area (Å²) in [5.41, 5.74) is 2.45. The number of aromatic nitrogens is 5. The van der Waals surface area contributed by atoms with Crippen LogP contribution in [0.2, 0.25) is 0 Å². The minimum absolute atomic E-state index is 0.111. The minimum atomic E-state index is -0.126. The predicted octanol–water partition coefficient (Wildman–Crippen LogP) is 1.94. The number of benzene rings is 1.